The molecule has 3 heteroatoms. The molecular formula is C10H13BrO2. The molecule has 2 nitrogen and oxygen atoms in total. The summed E-state index contributed by atoms with van der Waals surface area (Å²) in [5, 5.41) is 0. The minimum Gasteiger partial charge on any atom is -0.291 e. The second-order valence-corrected chi connectivity index (χ2v) is 5.98. The molecular weight excluding hydrogens is 232 g/mol. The number of hydrogen-bond donors (Lipinski definition) is 0. The van der Waals surface area contributed by atoms with E-state index in [4.69, 9.17) is 0 Å². The van der Waals surface area contributed by atoms with Crippen molar-refractivity contribution in [2.24, 2.45) is 16.7 Å². The Balaban J connectivity index is 2.60. The summed E-state index contributed by atoms with van der Waals surface area (Å²) in [5.41, 5.74) is -0.649. The fraction of sp³-hybridized carbons (Fsp3) is 0.800. The van der Waals surface area contributed by atoms with Crippen molar-refractivity contribution in [3.05, 3.63) is 0 Å². The predicted octanol–water partition coefficient (Wildman–Crippen LogP) is 1.95. The highest BCUT2D eigenvalue weighted by Gasteiger charge is 2.70. The molecule has 13 heavy (non-hydrogen) atoms. The molecule has 3 unspecified atom stereocenters. The van der Waals surface area contributed by atoms with Gasteiger partial charge in [0.1, 0.15) is 0 Å². The molecule has 0 heterocycles. The van der Waals surface area contributed by atoms with Gasteiger partial charge in [0.05, 0.1) is 5.41 Å². The maximum absolute atomic E-state index is 11.7. The van der Waals surface area contributed by atoms with Gasteiger partial charge in [0.25, 0.3) is 0 Å². The van der Waals surface area contributed by atoms with Crippen molar-refractivity contribution >= 4 is 27.5 Å². The van der Waals surface area contributed by atoms with Crippen LogP contribution >= 0.6 is 15.9 Å². The van der Waals surface area contributed by atoms with E-state index in [1.54, 1.807) is 0 Å². The van der Waals surface area contributed by atoms with Crippen molar-refractivity contribution in [1.29, 1.82) is 0 Å². The van der Waals surface area contributed by atoms with Gasteiger partial charge in [-0.2, -0.15) is 0 Å². The molecule has 0 aliphatic heterocycles. The lowest BCUT2D eigenvalue weighted by Gasteiger charge is -2.33. The SMILES string of the molecule is CC1(C)C2CC(Br)C1(C)C(=O)C2=O. The molecule has 3 atom stereocenters. The summed E-state index contributed by atoms with van der Waals surface area (Å²) >= 11 is 3.52. The normalized spacial score (nSPS) is 47.4. The lowest BCUT2D eigenvalue weighted by Crippen LogP contribution is -2.40. The van der Waals surface area contributed by atoms with Crippen LogP contribution in [0.1, 0.15) is 27.2 Å². The molecule has 72 valence electrons. The van der Waals surface area contributed by atoms with Crippen LogP contribution in [0.2, 0.25) is 0 Å². The topological polar surface area (TPSA) is 34.1 Å². The number of ketones is 2. The van der Waals surface area contributed by atoms with Crippen LogP contribution in [-0.4, -0.2) is 16.4 Å². The van der Waals surface area contributed by atoms with Crippen LogP contribution in [-0.2, 0) is 9.59 Å². The van der Waals surface area contributed by atoms with E-state index in [9.17, 15) is 9.59 Å². The molecule has 2 aliphatic rings. The Morgan fingerprint density at radius 2 is 1.85 bits per heavy atom. The van der Waals surface area contributed by atoms with Crippen molar-refractivity contribution in [2.45, 2.75) is 32.0 Å². The summed E-state index contributed by atoms with van der Waals surface area (Å²) in [7, 11) is 0. The van der Waals surface area contributed by atoms with Crippen LogP contribution in [0.15, 0.2) is 0 Å². The highest BCUT2D eigenvalue weighted by atomic mass is 79.9. The largest absolute Gasteiger partial charge is 0.291 e. The summed E-state index contributed by atoms with van der Waals surface area (Å²) in [4.78, 5) is 23.5. The van der Waals surface area contributed by atoms with Gasteiger partial charge in [-0.15, -0.1) is 0 Å². The average molecular weight is 245 g/mol. The van der Waals surface area contributed by atoms with Crippen LogP contribution in [0.25, 0.3) is 0 Å². The van der Waals surface area contributed by atoms with Gasteiger partial charge in [-0.3, -0.25) is 9.59 Å². The summed E-state index contributed by atoms with van der Waals surface area (Å²) in [6.07, 6.45) is 0.814. The number of carbonyl (C=O) groups excluding carboxylic acids is 2. The number of carbonyl (C=O) groups is 2. The van der Waals surface area contributed by atoms with Gasteiger partial charge in [0.15, 0.2) is 0 Å². The van der Waals surface area contributed by atoms with E-state index in [1.807, 2.05) is 20.8 Å². The Morgan fingerprint density at radius 1 is 1.31 bits per heavy atom. The fourth-order valence-electron chi connectivity index (χ4n) is 2.79. The fourth-order valence-corrected chi connectivity index (χ4v) is 3.96. The van der Waals surface area contributed by atoms with Crippen LogP contribution in [0.5, 0.6) is 0 Å². The second-order valence-electron chi connectivity index (χ2n) is 4.87. The molecule has 0 aromatic carbocycles. The standard InChI is InChI=1S/C10H13BrO2/c1-9(2)5-4-6(11)10(9,3)8(13)7(5)12/h5-6H,4H2,1-3H3. The van der Waals surface area contributed by atoms with E-state index in [-0.39, 0.29) is 27.7 Å². The van der Waals surface area contributed by atoms with Crippen molar-refractivity contribution in [3.63, 3.8) is 0 Å². The third-order valence-corrected chi connectivity index (χ3v) is 5.58. The lowest BCUT2D eigenvalue weighted by molar-refractivity contribution is -0.140. The average Bonchev–Trinajstić information content (AvgIpc) is 2.28. The maximum atomic E-state index is 11.7. The van der Waals surface area contributed by atoms with E-state index < -0.39 is 5.41 Å². The molecule has 2 rings (SSSR count). The minimum atomic E-state index is -0.477. The van der Waals surface area contributed by atoms with Gasteiger partial charge in [-0.1, -0.05) is 36.7 Å². The first-order valence-electron chi connectivity index (χ1n) is 4.56. The molecule has 2 bridgehead atoms. The molecule has 0 spiro atoms. The molecule has 0 N–H and O–H groups in total. The monoisotopic (exact) mass is 244 g/mol. The summed E-state index contributed by atoms with van der Waals surface area (Å²) < 4.78 is 0. The molecule has 2 saturated carbocycles. The summed E-state index contributed by atoms with van der Waals surface area (Å²) in [5.74, 6) is -0.381. The number of Topliss-reactive ketones (excluding diaryl/α,β-unsaturated/α-hetero) is 2. The number of hydrogen-bond acceptors (Lipinski definition) is 2. The van der Waals surface area contributed by atoms with E-state index in [0.717, 1.165) is 6.42 Å². The maximum Gasteiger partial charge on any atom is 0.206 e. The predicted molar refractivity (Wildman–Crippen MR) is 52.7 cm³/mol. The van der Waals surface area contributed by atoms with Gasteiger partial charge in [0, 0.05) is 10.7 Å². The van der Waals surface area contributed by atoms with Gasteiger partial charge in [0.2, 0.25) is 11.6 Å². The van der Waals surface area contributed by atoms with Crippen LogP contribution in [0, 0.1) is 16.7 Å². The third kappa shape index (κ3) is 0.756. The zero-order valence-electron chi connectivity index (χ0n) is 8.06. The first kappa shape index (κ1) is 9.38. The van der Waals surface area contributed by atoms with E-state index in [1.165, 1.54) is 0 Å². The first-order valence-corrected chi connectivity index (χ1v) is 5.47. The molecule has 0 amide bonds. The number of alkyl halides is 1. The second kappa shape index (κ2) is 2.25. The van der Waals surface area contributed by atoms with E-state index in [0.29, 0.717) is 0 Å². The van der Waals surface area contributed by atoms with Gasteiger partial charge in [-0.25, -0.2) is 0 Å². The van der Waals surface area contributed by atoms with Crippen LogP contribution in [0.4, 0.5) is 0 Å². The molecule has 0 radical (unpaired) electrons. The zero-order valence-corrected chi connectivity index (χ0v) is 9.64. The minimum absolute atomic E-state index is 0.0608. The van der Waals surface area contributed by atoms with Gasteiger partial charge in [-0.05, 0) is 11.8 Å². The Kier molecular flexibility index (Phi) is 1.62. The van der Waals surface area contributed by atoms with Gasteiger partial charge < -0.3 is 0 Å². The van der Waals surface area contributed by atoms with E-state index in [2.05, 4.69) is 15.9 Å². The zero-order chi connectivity index (χ0) is 10.0. The third-order valence-electron chi connectivity index (χ3n) is 4.29. The van der Waals surface area contributed by atoms with Crippen molar-refractivity contribution in [3.8, 4) is 0 Å². The van der Waals surface area contributed by atoms with Crippen molar-refractivity contribution < 1.29 is 9.59 Å². The van der Waals surface area contributed by atoms with Crippen molar-refractivity contribution in [2.75, 3.05) is 0 Å². The highest BCUT2D eigenvalue weighted by Crippen LogP contribution is 2.64. The van der Waals surface area contributed by atoms with E-state index >= 15 is 0 Å². The first-order chi connectivity index (χ1) is 5.83. The molecule has 0 saturated heterocycles. The Morgan fingerprint density at radius 3 is 2.15 bits per heavy atom. The Hall–Kier alpha value is -0.180. The Labute approximate surface area is 86.2 Å². The molecule has 0 aromatic rings. The smallest absolute Gasteiger partial charge is 0.206 e. The summed E-state index contributed by atoms with van der Waals surface area (Å²) in [6.45, 7) is 5.98. The number of halogens is 1. The molecule has 2 aliphatic carbocycles. The molecule has 0 aromatic heterocycles. The lowest BCUT2D eigenvalue weighted by atomic mass is 9.70. The van der Waals surface area contributed by atoms with Crippen molar-refractivity contribution in [1.82, 2.24) is 0 Å². The van der Waals surface area contributed by atoms with Crippen LogP contribution in [0.3, 0.4) is 0 Å². The number of fused-ring (bicyclic) bond motifs is 2. The van der Waals surface area contributed by atoms with Crippen LogP contribution < -0.4 is 0 Å². The molecule has 2 fully saturated rings. The quantitative estimate of drug-likeness (QED) is 0.483. The highest BCUT2D eigenvalue weighted by molar-refractivity contribution is 9.09. The Bertz CT molecular complexity index is 308. The van der Waals surface area contributed by atoms with Gasteiger partial charge >= 0.3 is 0 Å². The summed E-state index contributed by atoms with van der Waals surface area (Å²) in [6, 6.07) is 0. The number of rotatable bonds is 0.